The zero-order valence-corrected chi connectivity index (χ0v) is 12.9. The Kier molecular flexibility index (Phi) is 4.78. The molecule has 0 saturated heterocycles. The lowest BCUT2D eigenvalue weighted by Gasteiger charge is -2.26. The van der Waals surface area contributed by atoms with Gasteiger partial charge in [0.2, 0.25) is 5.91 Å². The second-order valence-corrected chi connectivity index (χ2v) is 5.92. The topological polar surface area (TPSA) is 46.9 Å². The van der Waals surface area contributed by atoms with Crippen LogP contribution in [-0.4, -0.2) is 21.7 Å². The highest BCUT2D eigenvalue weighted by Crippen LogP contribution is 2.23. The molecular weight excluding hydrogens is 262 g/mol. The SMILES string of the molecule is C[C@@H](CCn1cccn1)NC(=O)C(C)(C)c1ccccc1. The van der Waals surface area contributed by atoms with Crippen molar-refractivity contribution in [3.63, 3.8) is 0 Å². The summed E-state index contributed by atoms with van der Waals surface area (Å²) in [5, 5.41) is 7.27. The van der Waals surface area contributed by atoms with E-state index in [9.17, 15) is 4.79 Å². The van der Waals surface area contributed by atoms with Crippen LogP contribution in [0.25, 0.3) is 0 Å². The zero-order chi connectivity index (χ0) is 15.3. The molecule has 21 heavy (non-hydrogen) atoms. The highest BCUT2D eigenvalue weighted by molar-refractivity contribution is 5.87. The van der Waals surface area contributed by atoms with Gasteiger partial charge in [0, 0.05) is 25.0 Å². The normalized spacial score (nSPS) is 12.9. The zero-order valence-electron chi connectivity index (χ0n) is 12.9. The summed E-state index contributed by atoms with van der Waals surface area (Å²) in [7, 11) is 0. The first-order valence-electron chi connectivity index (χ1n) is 7.34. The summed E-state index contributed by atoms with van der Waals surface area (Å²) in [6.07, 6.45) is 4.56. The van der Waals surface area contributed by atoms with Gasteiger partial charge in [0.25, 0.3) is 0 Å². The molecule has 0 aliphatic carbocycles. The summed E-state index contributed by atoms with van der Waals surface area (Å²) in [6.45, 7) is 6.75. The van der Waals surface area contributed by atoms with Crippen molar-refractivity contribution < 1.29 is 4.79 Å². The summed E-state index contributed by atoms with van der Waals surface area (Å²) in [5.41, 5.74) is 0.503. The number of aromatic nitrogens is 2. The van der Waals surface area contributed by atoms with Gasteiger partial charge in [-0.25, -0.2) is 0 Å². The van der Waals surface area contributed by atoms with Gasteiger partial charge in [-0.2, -0.15) is 5.10 Å². The summed E-state index contributed by atoms with van der Waals surface area (Å²) in [5.74, 6) is 0.0571. The minimum absolute atomic E-state index is 0.0571. The van der Waals surface area contributed by atoms with Crippen LogP contribution in [0.15, 0.2) is 48.8 Å². The molecule has 0 fully saturated rings. The van der Waals surface area contributed by atoms with Crippen LogP contribution in [0, 0.1) is 0 Å². The minimum atomic E-state index is -0.527. The van der Waals surface area contributed by atoms with Crippen LogP contribution in [-0.2, 0) is 16.8 Å². The second kappa shape index (κ2) is 6.57. The van der Waals surface area contributed by atoms with E-state index >= 15 is 0 Å². The van der Waals surface area contributed by atoms with Gasteiger partial charge in [-0.15, -0.1) is 0 Å². The number of carbonyl (C=O) groups is 1. The Labute approximate surface area is 126 Å². The van der Waals surface area contributed by atoms with Crippen LogP contribution in [0.1, 0.15) is 32.8 Å². The van der Waals surface area contributed by atoms with Crippen LogP contribution in [0.5, 0.6) is 0 Å². The molecule has 2 rings (SSSR count). The minimum Gasteiger partial charge on any atom is -0.353 e. The molecule has 0 spiro atoms. The van der Waals surface area contributed by atoms with Crippen LogP contribution in [0.4, 0.5) is 0 Å². The van der Waals surface area contributed by atoms with Gasteiger partial charge in [-0.05, 0) is 38.8 Å². The van der Waals surface area contributed by atoms with Crippen molar-refractivity contribution in [2.75, 3.05) is 0 Å². The van der Waals surface area contributed by atoms with Crippen LogP contribution < -0.4 is 5.32 Å². The molecule has 4 heteroatoms. The van der Waals surface area contributed by atoms with E-state index in [2.05, 4.69) is 10.4 Å². The average Bonchev–Trinajstić information content (AvgIpc) is 2.99. The fraction of sp³-hybridized carbons (Fsp3) is 0.412. The van der Waals surface area contributed by atoms with E-state index in [-0.39, 0.29) is 11.9 Å². The third-order valence-corrected chi connectivity index (χ3v) is 3.79. The van der Waals surface area contributed by atoms with Gasteiger partial charge in [-0.3, -0.25) is 9.48 Å². The van der Waals surface area contributed by atoms with Crippen molar-refractivity contribution >= 4 is 5.91 Å². The largest absolute Gasteiger partial charge is 0.353 e. The molecule has 0 bridgehead atoms. The number of hydrogen-bond acceptors (Lipinski definition) is 2. The number of aryl methyl sites for hydroxylation is 1. The standard InChI is InChI=1S/C17H23N3O/c1-14(10-13-20-12-7-11-18-20)19-16(21)17(2,3)15-8-5-4-6-9-15/h4-9,11-12,14H,10,13H2,1-3H3,(H,19,21)/t14-/m0/s1. The highest BCUT2D eigenvalue weighted by atomic mass is 16.2. The van der Waals surface area contributed by atoms with Crippen molar-refractivity contribution in [1.29, 1.82) is 0 Å². The number of nitrogens with one attached hydrogen (secondary N) is 1. The maximum Gasteiger partial charge on any atom is 0.230 e. The fourth-order valence-electron chi connectivity index (χ4n) is 2.22. The number of benzene rings is 1. The molecule has 0 aliphatic heterocycles. The Bertz CT molecular complexity index is 561. The summed E-state index contributed by atoms with van der Waals surface area (Å²) >= 11 is 0. The molecule has 1 heterocycles. The van der Waals surface area contributed by atoms with E-state index in [0.29, 0.717) is 0 Å². The first kappa shape index (κ1) is 15.3. The van der Waals surface area contributed by atoms with E-state index in [1.807, 2.05) is 68.0 Å². The Morgan fingerprint density at radius 3 is 2.62 bits per heavy atom. The summed E-state index contributed by atoms with van der Waals surface area (Å²) in [4.78, 5) is 12.5. The molecule has 1 aromatic heterocycles. The van der Waals surface area contributed by atoms with Crippen LogP contribution in [0.2, 0.25) is 0 Å². The van der Waals surface area contributed by atoms with E-state index in [4.69, 9.17) is 0 Å². The molecule has 2 aromatic rings. The lowest BCUT2D eigenvalue weighted by atomic mass is 9.83. The quantitative estimate of drug-likeness (QED) is 0.887. The molecule has 1 N–H and O–H groups in total. The first-order chi connectivity index (χ1) is 10.00. The Hall–Kier alpha value is -2.10. The maximum absolute atomic E-state index is 12.5. The van der Waals surface area contributed by atoms with Crippen molar-refractivity contribution in [3.8, 4) is 0 Å². The van der Waals surface area contributed by atoms with E-state index in [1.54, 1.807) is 6.20 Å². The molecule has 0 unspecified atom stereocenters. The van der Waals surface area contributed by atoms with E-state index < -0.39 is 5.41 Å². The Morgan fingerprint density at radius 1 is 1.29 bits per heavy atom. The van der Waals surface area contributed by atoms with Crippen molar-refractivity contribution in [2.24, 2.45) is 0 Å². The number of hydrogen-bond donors (Lipinski definition) is 1. The average molecular weight is 285 g/mol. The molecular formula is C17H23N3O. The summed E-state index contributed by atoms with van der Waals surface area (Å²) in [6, 6.07) is 11.9. The van der Waals surface area contributed by atoms with Gasteiger partial charge in [0.05, 0.1) is 5.41 Å². The molecule has 4 nitrogen and oxygen atoms in total. The highest BCUT2D eigenvalue weighted by Gasteiger charge is 2.30. The second-order valence-electron chi connectivity index (χ2n) is 5.92. The van der Waals surface area contributed by atoms with Gasteiger partial charge in [-0.1, -0.05) is 30.3 Å². The van der Waals surface area contributed by atoms with Gasteiger partial charge < -0.3 is 5.32 Å². The first-order valence-corrected chi connectivity index (χ1v) is 7.34. The molecule has 0 saturated carbocycles. The van der Waals surface area contributed by atoms with Crippen LogP contribution >= 0.6 is 0 Å². The van der Waals surface area contributed by atoms with E-state index in [1.165, 1.54) is 0 Å². The lowest BCUT2D eigenvalue weighted by molar-refractivity contribution is -0.126. The molecule has 0 radical (unpaired) electrons. The molecule has 1 atom stereocenters. The molecule has 1 aromatic carbocycles. The summed E-state index contributed by atoms with van der Waals surface area (Å²) < 4.78 is 1.88. The van der Waals surface area contributed by atoms with Crippen molar-refractivity contribution in [1.82, 2.24) is 15.1 Å². The maximum atomic E-state index is 12.5. The van der Waals surface area contributed by atoms with Gasteiger partial charge in [0.15, 0.2) is 0 Å². The van der Waals surface area contributed by atoms with Crippen molar-refractivity contribution in [3.05, 3.63) is 54.4 Å². The number of rotatable bonds is 6. The molecule has 1 amide bonds. The smallest absolute Gasteiger partial charge is 0.230 e. The molecule has 0 aliphatic rings. The number of carbonyl (C=O) groups excluding carboxylic acids is 1. The molecule has 112 valence electrons. The number of amides is 1. The van der Waals surface area contributed by atoms with E-state index in [0.717, 1.165) is 18.5 Å². The van der Waals surface area contributed by atoms with Crippen LogP contribution in [0.3, 0.4) is 0 Å². The fourth-order valence-corrected chi connectivity index (χ4v) is 2.22. The van der Waals surface area contributed by atoms with Gasteiger partial charge >= 0.3 is 0 Å². The predicted octanol–water partition coefficient (Wildman–Crippen LogP) is 2.76. The Morgan fingerprint density at radius 2 is 2.00 bits per heavy atom. The lowest BCUT2D eigenvalue weighted by Crippen LogP contribution is -2.44. The third kappa shape index (κ3) is 3.94. The Balaban J connectivity index is 1.91. The predicted molar refractivity (Wildman–Crippen MR) is 83.9 cm³/mol. The number of nitrogens with zero attached hydrogens (tertiary/aromatic N) is 2. The van der Waals surface area contributed by atoms with Gasteiger partial charge in [0.1, 0.15) is 0 Å². The van der Waals surface area contributed by atoms with Crippen molar-refractivity contribution in [2.45, 2.75) is 45.2 Å². The monoisotopic (exact) mass is 285 g/mol. The third-order valence-electron chi connectivity index (χ3n) is 3.79.